The molecule has 6 heteroatoms. The Kier molecular flexibility index (Phi) is 3.62. The molecule has 0 radical (unpaired) electrons. The molecule has 2 aliphatic rings. The topological polar surface area (TPSA) is 64.1 Å². The van der Waals surface area contributed by atoms with Gasteiger partial charge in [0, 0.05) is 40.7 Å². The number of carbonyl (C=O) groups is 1. The minimum absolute atomic E-state index is 0.0842. The maximum Gasteiger partial charge on any atom is 0.407 e. The number of aromatic nitrogens is 2. The van der Waals surface area contributed by atoms with Gasteiger partial charge in [0.25, 0.3) is 0 Å². The van der Waals surface area contributed by atoms with Crippen LogP contribution < -0.4 is 5.32 Å². The molecule has 5 nitrogen and oxygen atoms in total. The van der Waals surface area contributed by atoms with Crippen LogP contribution in [0, 0.1) is 17.8 Å². The number of carbonyl (C=O) groups excluding carboxylic acids is 1. The van der Waals surface area contributed by atoms with Gasteiger partial charge in [0.15, 0.2) is 0 Å². The molecule has 0 aromatic carbocycles. The van der Waals surface area contributed by atoms with Crippen LogP contribution in [0.1, 0.15) is 47.2 Å². The first-order chi connectivity index (χ1) is 11.7. The van der Waals surface area contributed by atoms with Gasteiger partial charge < -0.3 is 10.1 Å². The van der Waals surface area contributed by atoms with Crippen molar-refractivity contribution < 1.29 is 13.9 Å². The average Bonchev–Trinajstić information content (AvgIpc) is 3.36. The first kappa shape index (κ1) is 14.6. The fourth-order valence-corrected chi connectivity index (χ4v) is 2.57. The summed E-state index contributed by atoms with van der Waals surface area (Å²) < 4.78 is 18.7. The molecule has 4 rings (SSSR count). The predicted molar refractivity (Wildman–Crippen MR) is 83.6 cm³/mol. The number of amides is 1. The SMILES string of the molecule is O=C1N[C@H](c2cc(C#Cc3ccc(C4CC4)nc3)cnc2F)CO1. The number of cyclic esters (lactones) is 1. The number of hydrogen-bond donors (Lipinski definition) is 1. The van der Waals surface area contributed by atoms with Gasteiger partial charge in [-0.15, -0.1) is 0 Å². The maximum absolute atomic E-state index is 13.9. The molecule has 0 spiro atoms. The second kappa shape index (κ2) is 5.93. The van der Waals surface area contributed by atoms with Crippen molar-refractivity contribution in [2.24, 2.45) is 0 Å². The van der Waals surface area contributed by atoms with Crippen LogP contribution >= 0.6 is 0 Å². The van der Waals surface area contributed by atoms with Gasteiger partial charge in [-0.25, -0.2) is 9.78 Å². The molecule has 1 saturated heterocycles. The molecule has 2 fully saturated rings. The number of pyridine rings is 2. The highest BCUT2D eigenvalue weighted by Crippen LogP contribution is 2.38. The molecule has 120 valence electrons. The van der Waals surface area contributed by atoms with E-state index in [1.54, 1.807) is 12.3 Å². The van der Waals surface area contributed by atoms with Crippen LogP contribution in [0.3, 0.4) is 0 Å². The number of rotatable bonds is 2. The predicted octanol–water partition coefficient (Wildman–Crippen LogP) is 2.67. The van der Waals surface area contributed by atoms with Crippen LogP contribution in [0.25, 0.3) is 0 Å². The molecular weight excluding hydrogens is 309 g/mol. The van der Waals surface area contributed by atoms with Crippen molar-refractivity contribution in [1.29, 1.82) is 0 Å². The summed E-state index contributed by atoms with van der Waals surface area (Å²) in [6.07, 6.45) is 4.99. The second-order valence-corrected chi connectivity index (χ2v) is 5.90. The number of halogens is 1. The lowest BCUT2D eigenvalue weighted by atomic mass is 10.1. The lowest BCUT2D eigenvalue weighted by Crippen LogP contribution is -2.19. The molecule has 24 heavy (non-hydrogen) atoms. The van der Waals surface area contributed by atoms with Crippen LogP contribution in [0.5, 0.6) is 0 Å². The van der Waals surface area contributed by atoms with Crippen LogP contribution in [0.2, 0.25) is 0 Å². The second-order valence-electron chi connectivity index (χ2n) is 5.90. The highest BCUT2D eigenvalue weighted by molar-refractivity contribution is 5.70. The van der Waals surface area contributed by atoms with Crippen molar-refractivity contribution in [1.82, 2.24) is 15.3 Å². The van der Waals surface area contributed by atoms with Crippen molar-refractivity contribution in [2.75, 3.05) is 6.61 Å². The van der Waals surface area contributed by atoms with Crippen LogP contribution in [-0.4, -0.2) is 22.7 Å². The molecule has 0 unspecified atom stereocenters. The monoisotopic (exact) mass is 323 g/mol. The molecule has 0 bridgehead atoms. The number of nitrogens with one attached hydrogen (secondary N) is 1. The lowest BCUT2D eigenvalue weighted by molar-refractivity contribution is 0.176. The summed E-state index contributed by atoms with van der Waals surface area (Å²) >= 11 is 0. The summed E-state index contributed by atoms with van der Waals surface area (Å²) in [6, 6.07) is 4.99. The van der Waals surface area contributed by atoms with E-state index in [2.05, 4.69) is 27.1 Å². The summed E-state index contributed by atoms with van der Waals surface area (Å²) in [7, 11) is 0. The molecule has 2 aromatic rings. The van der Waals surface area contributed by atoms with Gasteiger partial charge in [0.1, 0.15) is 6.61 Å². The van der Waals surface area contributed by atoms with E-state index in [0.717, 1.165) is 11.3 Å². The van der Waals surface area contributed by atoms with E-state index < -0.39 is 18.1 Å². The first-order valence-electron chi connectivity index (χ1n) is 7.76. The van der Waals surface area contributed by atoms with E-state index in [1.165, 1.54) is 19.0 Å². The Morgan fingerprint density at radius 2 is 1.96 bits per heavy atom. The van der Waals surface area contributed by atoms with Crippen molar-refractivity contribution >= 4 is 6.09 Å². The Hall–Kier alpha value is -2.94. The van der Waals surface area contributed by atoms with E-state index in [1.807, 2.05) is 12.1 Å². The maximum atomic E-state index is 13.9. The molecule has 2 aromatic heterocycles. The zero-order valence-electron chi connectivity index (χ0n) is 12.8. The van der Waals surface area contributed by atoms with Gasteiger partial charge in [-0.05, 0) is 31.0 Å². The van der Waals surface area contributed by atoms with Crippen LogP contribution in [0.4, 0.5) is 9.18 Å². The Bertz CT molecular complexity index is 851. The van der Waals surface area contributed by atoms with E-state index in [0.29, 0.717) is 11.5 Å². The Morgan fingerprint density at radius 1 is 1.17 bits per heavy atom. The van der Waals surface area contributed by atoms with Crippen LogP contribution in [0.15, 0.2) is 30.6 Å². The molecule has 1 aliphatic heterocycles. The summed E-state index contributed by atoms with van der Waals surface area (Å²) in [4.78, 5) is 19.2. The fraction of sp³-hybridized carbons (Fsp3) is 0.278. The highest BCUT2D eigenvalue weighted by atomic mass is 19.1. The Morgan fingerprint density at radius 3 is 2.62 bits per heavy atom. The summed E-state index contributed by atoms with van der Waals surface area (Å²) in [5.41, 5.74) is 2.75. The van der Waals surface area contributed by atoms with Gasteiger partial charge in [0.2, 0.25) is 5.95 Å². The minimum Gasteiger partial charge on any atom is -0.447 e. The van der Waals surface area contributed by atoms with Gasteiger partial charge in [0.05, 0.1) is 6.04 Å². The van der Waals surface area contributed by atoms with E-state index in [4.69, 9.17) is 4.74 Å². The molecular formula is C18H14FN3O2. The molecule has 1 atom stereocenters. The molecule has 1 aliphatic carbocycles. The minimum atomic E-state index is -0.633. The van der Waals surface area contributed by atoms with E-state index >= 15 is 0 Å². The van der Waals surface area contributed by atoms with Crippen molar-refractivity contribution in [3.63, 3.8) is 0 Å². The molecule has 3 heterocycles. The largest absolute Gasteiger partial charge is 0.447 e. The summed E-state index contributed by atoms with van der Waals surface area (Å²) in [5.74, 6) is 5.93. The Labute approximate surface area is 138 Å². The van der Waals surface area contributed by atoms with Gasteiger partial charge in [-0.3, -0.25) is 4.98 Å². The molecule has 1 N–H and O–H groups in total. The third-order valence-corrected chi connectivity index (χ3v) is 4.05. The average molecular weight is 323 g/mol. The number of nitrogens with zero attached hydrogens (tertiary/aromatic N) is 2. The van der Waals surface area contributed by atoms with Gasteiger partial charge >= 0.3 is 6.09 Å². The quantitative estimate of drug-likeness (QED) is 0.682. The number of ether oxygens (including phenoxy) is 1. The third kappa shape index (κ3) is 3.06. The third-order valence-electron chi connectivity index (χ3n) is 4.05. The normalized spacial score (nSPS) is 19.2. The number of alkyl carbamates (subject to hydrolysis) is 1. The van der Waals surface area contributed by atoms with Crippen molar-refractivity contribution in [3.8, 4) is 11.8 Å². The Balaban J connectivity index is 1.55. The van der Waals surface area contributed by atoms with Gasteiger partial charge in [-0.1, -0.05) is 11.8 Å². The lowest BCUT2D eigenvalue weighted by Gasteiger charge is -2.08. The van der Waals surface area contributed by atoms with E-state index in [9.17, 15) is 9.18 Å². The van der Waals surface area contributed by atoms with Crippen LogP contribution in [-0.2, 0) is 4.74 Å². The highest BCUT2D eigenvalue weighted by Gasteiger charge is 2.27. The molecule has 1 amide bonds. The van der Waals surface area contributed by atoms with Gasteiger partial charge in [-0.2, -0.15) is 4.39 Å². The standard InChI is InChI=1S/C18H14FN3O2/c19-17-14(16-10-24-18(23)22-16)7-12(9-21-17)2-1-11-3-6-15(20-8-11)13-4-5-13/h3,6-9,13,16H,4-5,10H2,(H,22,23)/t16-/m0/s1. The van der Waals surface area contributed by atoms with Crippen molar-refractivity contribution in [3.05, 3.63) is 58.9 Å². The summed E-state index contributed by atoms with van der Waals surface area (Å²) in [5, 5.41) is 2.54. The fourth-order valence-electron chi connectivity index (χ4n) is 2.57. The zero-order chi connectivity index (χ0) is 16.5. The van der Waals surface area contributed by atoms with Crippen molar-refractivity contribution in [2.45, 2.75) is 24.8 Å². The first-order valence-corrected chi connectivity index (χ1v) is 7.76. The zero-order valence-corrected chi connectivity index (χ0v) is 12.8. The summed E-state index contributed by atoms with van der Waals surface area (Å²) in [6.45, 7) is 0.0842. The smallest absolute Gasteiger partial charge is 0.407 e. The molecule has 1 saturated carbocycles. The number of hydrogen-bond acceptors (Lipinski definition) is 4. The van der Waals surface area contributed by atoms with E-state index in [-0.39, 0.29) is 12.2 Å².